The summed E-state index contributed by atoms with van der Waals surface area (Å²) in [6.45, 7) is 7.45. The Bertz CT molecular complexity index is 594. The van der Waals surface area contributed by atoms with E-state index in [0.29, 0.717) is 12.0 Å². The monoisotopic (exact) mass is 328 g/mol. The molecule has 24 heavy (non-hydrogen) atoms. The summed E-state index contributed by atoms with van der Waals surface area (Å²) in [7, 11) is 0. The zero-order valence-electron chi connectivity index (χ0n) is 14.9. The van der Waals surface area contributed by atoms with E-state index < -0.39 is 0 Å². The SMILES string of the molecule is CC(C)[C@@H]1C[C@](CC[NH2+]Cc2ccco2)(c2ccccc2)CCO1. The highest BCUT2D eigenvalue weighted by Crippen LogP contribution is 2.41. The molecule has 3 nitrogen and oxygen atoms in total. The lowest BCUT2D eigenvalue weighted by molar-refractivity contribution is -0.673. The number of ether oxygens (including phenoxy) is 1. The van der Waals surface area contributed by atoms with E-state index in [4.69, 9.17) is 9.15 Å². The van der Waals surface area contributed by atoms with Gasteiger partial charge in [0, 0.05) is 18.4 Å². The van der Waals surface area contributed by atoms with Crippen LogP contribution in [0.2, 0.25) is 0 Å². The van der Waals surface area contributed by atoms with Crippen LogP contribution >= 0.6 is 0 Å². The van der Waals surface area contributed by atoms with Gasteiger partial charge in [-0.1, -0.05) is 44.2 Å². The Hall–Kier alpha value is -1.58. The lowest BCUT2D eigenvalue weighted by Crippen LogP contribution is -2.83. The summed E-state index contributed by atoms with van der Waals surface area (Å²) < 4.78 is 11.5. The highest BCUT2D eigenvalue weighted by molar-refractivity contribution is 5.26. The first kappa shape index (κ1) is 17.2. The number of hydrogen-bond donors (Lipinski definition) is 1. The van der Waals surface area contributed by atoms with Crippen molar-refractivity contribution < 1.29 is 14.5 Å². The van der Waals surface area contributed by atoms with Gasteiger partial charge in [-0.2, -0.15) is 0 Å². The first-order chi connectivity index (χ1) is 11.7. The first-order valence-electron chi connectivity index (χ1n) is 9.21. The highest BCUT2D eigenvalue weighted by Gasteiger charge is 2.39. The van der Waals surface area contributed by atoms with Crippen molar-refractivity contribution in [2.45, 2.75) is 51.2 Å². The highest BCUT2D eigenvalue weighted by atomic mass is 16.5. The summed E-state index contributed by atoms with van der Waals surface area (Å²) in [4.78, 5) is 0. The zero-order chi connectivity index (χ0) is 16.8. The number of benzene rings is 1. The lowest BCUT2D eigenvalue weighted by Gasteiger charge is -2.42. The van der Waals surface area contributed by atoms with Crippen molar-refractivity contribution in [1.29, 1.82) is 0 Å². The summed E-state index contributed by atoms with van der Waals surface area (Å²) in [6, 6.07) is 15.1. The van der Waals surface area contributed by atoms with E-state index in [-0.39, 0.29) is 5.41 Å². The second-order valence-corrected chi connectivity index (χ2v) is 7.36. The molecular formula is C21H30NO2+. The predicted octanol–water partition coefficient (Wildman–Crippen LogP) is 3.51. The van der Waals surface area contributed by atoms with Gasteiger partial charge < -0.3 is 14.5 Å². The molecular weight excluding hydrogens is 298 g/mol. The zero-order valence-corrected chi connectivity index (χ0v) is 14.9. The van der Waals surface area contributed by atoms with Crippen LogP contribution in [0.1, 0.15) is 44.4 Å². The van der Waals surface area contributed by atoms with Crippen LogP contribution in [0.4, 0.5) is 0 Å². The fourth-order valence-electron chi connectivity index (χ4n) is 3.86. The smallest absolute Gasteiger partial charge is 0.157 e. The standard InChI is InChI=1S/C21H29NO2/c1-17(2)20-15-21(11-14-24-20,18-7-4-3-5-8-18)10-12-22-16-19-9-6-13-23-19/h3-9,13,17,20,22H,10-12,14-16H2,1-2H3/p+1/t20-,21+/m0/s1. The fourth-order valence-corrected chi connectivity index (χ4v) is 3.86. The number of furan rings is 1. The van der Waals surface area contributed by atoms with Crippen LogP contribution in [0.5, 0.6) is 0 Å². The van der Waals surface area contributed by atoms with Crippen molar-refractivity contribution in [2.75, 3.05) is 13.2 Å². The van der Waals surface area contributed by atoms with Crippen molar-refractivity contribution in [3.8, 4) is 0 Å². The molecule has 2 atom stereocenters. The van der Waals surface area contributed by atoms with Gasteiger partial charge in [0.25, 0.3) is 0 Å². The predicted molar refractivity (Wildman–Crippen MR) is 95.8 cm³/mol. The van der Waals surface area contributed by atoms with Gasteiger partial charge in [0.2, 0.25) is 0 Å². The molecule has 0 spiro atoms. The van der Waals surface area contributed by atoms with Gasteiger partial charge in [-0.15, -0.1) is 0 Å². The summed E-state index contributed by atoms with van der Waals surface area (Å²) in [5.41, 5.74) is 1.72. The van der Waals surface area contributed by atoms with Crippen LogP contribution in [-0.4, -0.2) is 19.3 Å². The van der Waals surface area contributed by atoms with Crippen LogP contribution in [0.15, 0.2) is 53.1 Å². The molecule has 1 aliphatic heterocycles. The minimum Gasteiger partial charge on any atom is -0.463 e. The van der Waals surface area contributed by atoms with Crippen molar-refractivity contribution in [1.82, 2.24) is 0 Å². The molecule has 1 aromatic heterocycles. The second-order valence-electron chi connectivity index (χ2n) is 7.36. The minimum atomic E-state index is 0.244. The Kier molecular flexibility index (Phi) is 5.75. The summed E-state index contributed by atoms with van der Waals surface area (Å²) in [5.74, 6) is 1.62. The van der Waals surface area contributed by atoms with Crippen molar-refractivity contribution in [2.24, 2.45) is 5.92 Å². The topological polar surface area (TPSA) is 39.0 Å². The molecule has 2 aromatic rings. The molecule has 130 valence electrons. The van der Waals surface area contributed by atoms with Crippen LogP contribution in [0, 0.1) is 5.92 Å². The molecule has 1 aromatic carbocycles. The maximum atomic E-state index is 6.06. The molecule has 3 heteroatoms. The van der Waals surface area contributed by atoms with E-state index in [1.165, 1.54) is 12.0 Å². The quantitative estimate of drug-likeness (QED) is 0.790. The van der Waals surface area contributed by atoms with E-state index >= 15 is 0 Å². The van der Waals surface area contributed by atoms with Crippen LogP contribution in [-0.2, 0) is 16.7 Å². The van der Waals surface area contributed by atoms with E-state index in [1.54, 1.807) is 6.26 Å². The van der Waals surface area contributed by atoms with Gasteiger partial charge in [0.15, 0.2) is 5.76 Å². The minimum absolute atomic E-state index is 0.244. The van der Waals surface area contributed by atoms with Gasteiger partial charge in [0.05, 0.1) is 18.9 Å². The fraction of sp³-hybridized carbons (Fsp3) is 0.524. The number of hydrogen-bond acceptors (Lipinski definition) is 2. The number of nitrogens with two attached hydrogens (primary N) is 1. The molecule has 0 aliphatic carbocycles. The molecule has 2 N–H and O–H groups in total. The maximum absolute atomic E-state index is 6.06. The Labute approximate surface area is 145 Å². The Morgan fingerprint density at radius 2 is 2.00 bits per heavy atom. The van der Waals surface area contributed by atoms with Crippen LogP contribution < -0.4 is 5.32 Å². The van der Waals surface area contributed by atoms with Gasteiger partial charge in [-0.3, -0.25) is 0 Å². The molecule has 1 aliphatic rings. The van der Waals surface area contributed by atoms with Gasteiger partial charge in [0.1, 0.15) is 6.54 Å². The molecule has 1 saturated heterocycles. The average Bonchev–Trinajstić information content (AvgIpc) is 3.13. The van der Waals surface area contributed by atoms with Gasteiger partial charge in [-0.05, 0) is 36.5 Å². The Balaban J connectivity index is 1.68. The maximum Gasteiger partial charge on any atom is 0.157 e. The molecule has 3 rings (SSSR count). The first-order valence-corrected chi connectivity index (χ1v) is 9.21. The second kappa shape index (κ2) is 8.00. The molecule has 2 heterocycles. The van der Waals surface area contributed by atoms with E-state index in [2.05, 4.69) is 49.5 Å². The molecule has 0 saturated carbocycles. The summed E-state index contributed by atoms with van der Waals surface area (Å²) >= 11 is 0. The molecule has 0 unspecified atom stereocenters. The number of rotatable bonds is 7. The van der Waals surface area contributed by atoms with Crippen molar-refractivity contribution >= 4 is 0 Å². The van der Waals surface area contributed by atoms with Crippen LogP contribution in [0.25, 0.3) is 0 Å². The Morgan fingerprint density at radius 1 is 1.17 bits per heavy atom. The molecule has 0 bridgehead atoms. The lowest BCUT2D eigenvalue weighted by atomic mass is 9.68. The van der Waals surface area contributed by atoms with E-state index in [9.17, 15) is 0 Å². The average molecular weight is 328 g/mol. The number of quaternary nitrogens is 1. The summed E-state index contributed by atoms with van der Waals surface area (Å²) in [6.07, 6.45) is 5.55. The van der Waals surface area contributed by atoms with Crippen molar-refractivity contribution in [3.05, 3.63) is 60.1 Å². The van der Waals surface area contributed by atoms with Crippen LogP contribution in [0.3, 0.4) is 0 Å². The molecule has 0 radical (unpaired) electrons. The third kappa shape index (κ3) is 4.08. The normalized spacial score (nSPS) is 24.4. The van der Waals surface area contributed by atoms with Gasteiger partial charge in [-0.25, -0.2) is 0 Å². The summed E-state index contributed by atoms with van der Waals surface area (Å²) in [5, 5.41) is 2.36. The third-order valence-electron chi connectivity index (χ3n) is 5.39. The van der Waals surface area contributed by atoms with Gasteiger partial charge >= 0.3 is 0 Å². The van der Waals surface area contributed by atoms with E-state index in [1.807, 2.05) is 12.1 Å². The largest absolute Gasteiger partial charge is 0.463 e. The Morgan fingerprint density at radius 3 is 2.71 bits per heavy atom. The third-order valence-corrected chi connectivity index (χ3v) is 5.39. The molecule has 1 fully saturated rings. The van der Waals surface area contributed by atoms with E-state index in [0.717, 1.165) is 38.3 Å². The molecule has 0 amide bonds. The van der Waals surface area contributed by atoms with Crippen molar-refractivity contribution in [3.63, 3.8) is 0 Å².